The van der Waals surface area contributed by atoms with Crippen LogP contribution in [-0.2, 0) is 9.47 Å². The number of halogens is 2. The van der Waals surface area contributed by atoms with E-state index in [0.717, 1.165) is 13.0 Å². The summed E-state index contributed by atoms with van der Waals surface area (Å²) in [7, 11) is 1.98. The second kappa shape index (κ2) is 6.61. The fraction of sp³-hybridized carbons (Fsp3) is 1.00. The average Bonchev–Trinajstić information content (AvgIpc) is 2.55. The lowest BCUT2D eigenvalue weighted by Gasteiger charge is -2.31. The van der Waals surface area contributed by atoms with E-state index in [4.69, 9.17) is 9.47 Å². The van der Waals surface area contributed by atoms with Crippen molar-refractivity contribution in [3.8, 4) is 0 Å². The van der Waals surface area contributed by atoms with Crippen LogP contribution >= 0.6 is 0 Å². The van der Waals surface area contributed by atoms with E-state index in [1.165, 1.54) is 0 Å². The van der Waals surface area contributed by atoms with Crippen molar-refractivity contribution in [2.24, 2.45) is 0 Å². The van der Waals surface area contributed by atoms with Crippen molar-refractivity contribution in [3.63, 3.8) is 0 Å². The third-order valence-corrected chi connectivity index (χ3v) is 3.06. The SMILES string of the molecule is CC(C)O[C@@H](C)[C@@H]1[C@@H](OCC(F)F)CCN1C. The Kier molecular flexibility index (Phi) is 5.76. The molecule has 0 aliphatic carbocycles. The van der Waals surface area contributed by atoms with E-state index >= 15 is 0 Å². The number of ether oxygens (including phenoxy) is 2. The minimum atomic E-state index is -2.40. The van der Waals surface area contributed by atoms with Gasteiger partial charge in [0.25, 0.3) is 6.43 Å². The highest BCUT2D eigenvalue weighted by molar-refractivity contribution is 4.90. The number of alkyl halides is 2. The molecule has 17 heavy (non-hydrogen) atoms. The maximum atomic E-state index is 12.2. The van der Waals surface area contributed by atoms with Gasteiger partial charge in [-0.15, -0.1) is 0 Å². The zero-order valence-electron chi connectivity index (χ0n) is 11.0. The summed E-state index contributed by atoms with van der Waals surface area (Å²) in [6.45, 7) is 6.31. The Hall–Kier alpha value is -0.260. The number of likely N-dealkylation sites (tertiary alicyclic amines) is 1. The van der Waals surface area contributed by atoms with Crippen molar-refractivity contribution >= 4 is 0 Å². The van der Waals surface area contributed by atoms with Gasteiger partial charge >= 0.3 is 0 Å². The van der Waals surface area contributed by atoms with Crippen LogP contribution in [0.25, 0.3) is 0 Å². The molecule has 0 unspecified atom stereocenters. The molecular formula is C12H23F2NO2. The van der Waals surface area contributed by atoms with E-state index < -0.39 is 13.0 Å². The lowest BCUT2D eigenvalue weighted by molar-refractivity contribution is -0.0825. The summed E-state index contributed by atoms with van der Waals surface area (Å²) in [5, 5.41) is 0. The first-order valence-corrected chi connectivity index (χ1v) is 6.17. The lowest BCUT2D eigenvalue weighted by atomic mass is 10.1. The molecule has 1 rings (SSSR count). The Morgan fingerprint density at radius 1 is 1.29 bits per heavy atom. The van der Waals surface area contributed by atoms with Crippen molar-refractivity contribution in [2.45, 2.75) is 58.0 Å². The molecule has 3 atom stereocenters. The van der Waals surface area contributed by atoms with Gasteiger partial charge in [0.1, 0.15) is 6.61 Å². The van der Waals surface area contributed by atoms with Crippen LogP contribution < -0.4 is 0 Å². The van der Waals surface area contributed by atoms with Gasteiger partial charge in [-0.25, -0.2) is 8.78 Å². The molecule has 0 spiro atoms. The second-order valence-corrected chi connectivity index (χ2v) is 4.91. The molecule has 102 valence electrons. The molecule has 3 nitrogen and oxygen atoms in total. The molecule has 0 aromatic carbocycles. The number of hydrogen-bond acceptors (Lipinski definition) is 3. The summed E-state index contributed by atoms with van der Waals surface area (Å²) in [6.07, 6.45) is -1.63. The van der Waals surface area contributed by atoms with Crippen molar-refractivity contribution in [2.75, 3.05) is 20.2 Å². The second-order valence-electron chi connectivity index (χ2n) is 4.91. The fourth-order valence-corrected chi connectivity index (χ4v) is 2.48. The van der Waals surface area contributed by atoms with Gasteiger partial charge in [-0.3, -0.25) is 4.90 Å². The Bertz CT molecular complexity index is 227. The molecule has 1 heterocycles. The quantitative estimate of drug-likeness (QED) is 0.722. The highest BCUT2D eigenvalue weighted by Gasteiger charge is 2.37. The number of likely N-dealkylation sites (N-methyl/N-ethyl adjacent to an activating group) is 1. The molecule has 0 aromatic heterocycles. The zero-order valence-corrected chi connectivity index (χ0v) is 11.0. The van der Waals surface area contributed by atoms with Crippen molar-refractivity contribution < 1.29 is 18.3 Å². The monoisotopic (exact) mass is 251 g/mol. The smallest absolute Gasteiger partial charge is 0.261 e. The highest BCUT2D eigenvalue weighted by Crippen LogP contribution is 2.24. The highest BCUT2D eigenvalue weighted by atomic mass is 19.3. The number of hydrogen-bond donors (Lipinski definition) is 0. The van der Waals surface area contributed by atoms with E-state index in [2.05, 4.69) is 4.90 Å². The van der Waals surface area contributed by atoms with Gasteiger partial charge in [0.15, 0.2) is 0 Å². The van der Waals surface area contributed by atoms with Crippen molar-refractivity contribution in [1.82, 2.24) is 4.90 Å². The summed E-state index contributed by atoms with van der Waals surface area (Å²) in [6, 6.07) is 0.0659. The number of nitrogens with zero attached hydrogens (tertiary/aromatic N) is 1. The van der Waals surface area contributed by atoms with Gasteiger partial charge in [0.2, 0.25) is 0 Å². The molecule has 0 N–H and O–H groups in total. The van der Waals surface area contributed by atoms with E-state index in [9.17, 15) is 8.78 Å². The molecule has 1 aliphatic rings. The van der Waals surface area contributed by atoms with Gasteiger partial charge in [-0.05, 0) is 34.2 Å². The third kappa shape index (κ3) is 4.48. The summed E-state index contributed by atoms with van der Waals surface area (Å²) in [5.74, 6) is 0. The van der Waals surface area contributed by atoms with Gasteiger partial charge in [0, 0.05) is 6.54 Å². The standard InChI is InChI=1S/C12H23F2NO2/c1-8(2)17-9(3)12-10(5-6-15(12)4)16-7-11(13)14/h8-12H,5-7H2,1-4H3/t9-,10-,12+/m0/s1. The largest absolute Gasteiger partial charge is 0.374 e. The van der Waals surface area contributed by atoms with Crippen LogP contribution in [0.3, 0.4) is 0 Å². The van der Waals surface area contributed by atoms with Crippen molar-refractivity contribution in [3.05, 3.63) is 0 Å². The van der Waals surface area contributed by atoms with Crippen LogP contribution in [-0.4, -0.2) is 55.9 Å². The Labute approximate surface area is 102 Å². The van der Waals surface area contributed by atoms with Crippen LogP contribution in [0.2, 0.25) is 0 Å². The van der Waals surface area contributed by atoms with E-state index in [1.54, 1.807) is 0 Å². The van der Waals surface area contributed by atoms with E-state index in [1.807, 2.05) is 27.8 Å². The van der Waals surface area contributed by atoms with Crippen LogP contribution in [0.1, 0.15) is 27.2 Å². The average molecular weight is 251 g/mol. The normalized spacial score (nSPS) is 28.2. The Balaban J connectivity index is 2.52. The summed E-state index contributed by atoms with van der Waals surface area (Å²) < 4.78 is 35.3. The Morgan fingerprint density at radius 3 is 2.47 bits per heavy atom. The van der Waals surface area contributed by atoms with Crippen LogP contribution in [0, 0.1) is 0 Å². The molecule has 0 bridgehead atoms. The molecule has 0 amide bonds. The first-order chi connectivity index (χ1) is 7.91. The molecule has 0 aromatic rings. The van der Waals surface area contributed by atoms with E-state index in [0.29, 0.717) is 0 Å². The van der Waals surface area contributed by atoms with Gasteiger partial charge < -0.3 is 9.47 Å². The van der Waals surface area contributed by atoms with Gasteiger partial charge in [-0.2, -0.15) is 0 Å². The predicted molar refractivity (Wildman–Crippen MR) is 62.5 cm³/mol. The minimum absolute atomic E-state index is 0.00910. The first kappa shape index (κ1) is 14.8. The fourth-order valence-electron chi connectivity index (χ4n) is 2.48. The molecule has 1 aliphatic heterocycles. The maximum absolute atomic E-state index is 12.2. The maximum Gasteiger partial charge on any atom is 0.261 e. The molecule has 5 heteroatoms. The Morgan fingerprint density at radius 2 is 1.94 bits per heavy atom. The van der Waals surface area contributed by atoms with E-state index in [-0.39, 0.29) is 24.4 Å². The van der Waals surface area contributed by atoms with Crippen LogP contribution in [0.4, 0.5) is 8.78 Å². The summed E-state index contributed by atoms with van der Waals surface area (Å²) in [5.41, 5.74) is 0. The third-order valence-electron chi connectivity index (χ3n) is 3.06. The molecule has 0 saturated carbocycles. The number of rotatable bonds is 6. The molecule has 1 fully saturated rings. The zero-order chi connectivity index (χ0) is 13.0. The topological polar surface area (TPSA) is 21.7 Å². The molecular weight excluding hydrogens is 228 g/mol. The van der Waals surface area contributed by atoms with Crippen LogP contribution in [0.5, 0.6) is 0 Å². The van der Waals surface area contributed by atoms with Crippen molar-refractivity contribution in [1.29, 1.82) is 0 Å². The first-order valence-electron chi connectivity index (χ1n) is 6.17. The predicted octanol–water partition coefficient (Wildman–Crippen LogP) is 2.15. The molecule has 0 radical (unpaired) electrons. The van der Waals surface area contributed by atoms with Gasteiger partial charge in [-0.1, -0.05) is 0 Å². The minimum Gasteiger partial charge on any atom is -0.374 e. The lowest BCUT2D eigenvalue weighted by Crippen LogP contribution is -2.44. The van der Waals surface area contributed by atoms with Crippen LogP contribution in [0.15, 0.2) is 0 Å². The summed E-state index contributed by atoms with van der Waals surface area (Å²) >= 11 is 0. The van der Waals surface area contributed by atoms with Gasteiger partial charge in [0.05, 0.1) is 24.4 Å². The molecule has 1 saturated heterocycles. The summed E-state index contributed by atoms with van der Waals surface area (Å²) in [4.78, 5) is 2.13.